The summed E-state index contributed by atoms with van der Waals surface area (Å²) in [6.07, 6.45) is 0. The van der Waals surface area contributed by atoms with Crippen LogP contribution in [0.15, 0.2) is 69.4 Å². The molecule has 1 heterocycles. The molecular weight excluding hydrogens is 328 g/mol. The third-order valence-electron chi connectivity index (χ3n) is 3.50. The van der Waals surface area contributed by atoms with Gasteiger partial charge in [0.15, 0.2) is 0 Å². The Bertz CT molecular complexity index is 597. The molecule has 0 bridgehead atoms. The summed E-state index contributed by atoms with van der Waals surface area (Å²) in [5, 5.41) is 14.3. The lowest BCUT2D eigenvalue weighted by Crippen LogP contribution is -2.43. The Balaban J connectivity index is 1.77. The van der Waals surface area contributed by atoms with Gasteiger partial charge in [-0.1, -0.05) is 51.5 Å². The van der Waals surface area contributed by atoms with E-state index in [2.05, 4.69) is 60.9 Å². The molecule has 0 saturated carbocycles. The van der Waals surface area contributed by atoms with E-state index in [0.717, 1.165) is 29.8 Å². The Morgan fingerprint density at radius 2 is 1.81 bits per heavy atom. The van der Waals surface area contributed by atoms with Crippen LogP contribution in [0.1, 0.15) is 11.6 Å². The third kappa shape index (κ3) is 3.68. The maximum Gasteiger partial charge on any atom is 0.0875 e. The first kappa shape index (κ1) is 14.2. The summed E-state index contributed by atoms with van der Waals surface area (Å²) < 4.78 is 1.05. The summed E-state index contributed by atoms with van der Waals surface area (Å²) in [6, 6.07) is 18.5. The van der Waals surface area contributed by atoms with Gasteiger partial charge in [-0.15, -0.1) is 5.11 Å². The fourth-order valence-corrected chi connectivity index (χ4v) is 2.65. The zero-order valence-electron chi connectivity index (χ0n) is 11.6. The summed E-state index contributed by atoms with van der Waals surface area (Å²) in [6.45, 7) is 2.69. The number of benzene rings is 2. The first-order valence-corrected chi connectivity index (χ1v) is 7.82. The molecule has 0 spiro atoms. The standard InChI is InChI=1S/C16H17BrN4/c17-14-6-8-15(9-7-14)19-20-21-11-10-18-12-16(21)13-4-2-1-3-5-13/h1-9,16,18H,10-12H2. The molecule has 1 aliphatic rings. The highest BCUT2D eigenvalue weighted by atomic mass is 79.9. The minimum atomic E-state index is 0.235. The molecule has 1 unspecified atom stereocenters. The van der Waals surface area contributed by atoms with Gasteiger partial charge in [0.2, 0.25) is 0 Å². The number of piperazine rings is 1. The average Bonchev–Trinajstić information content (AvgIpc) is 2.55. The fourth-order valence-electron chi connectivity index (χ4n) is 2.38. The number of nitrogens with one attached hydrogen (secondary N) is 1. The molecule has 108 valence electrons. The van der Waals surface area contributed by atoms with E-state index in [0.29, 0.717) is 0 Å². The van der Waals surface area contributed by atoms with Gasteiger partial charge in [0, 0.05) is 17.6 Å². The van der Waals surface area contributed by atoms with Gasteiger partial charge in [0.25, 0.3) is 0 Å². The van der Waals surface area contributed by atoms with Crippen LogP contribution in [0.3, 0.4) is 0 Å². The fraction of sp³-hybridized carbons (Fsp3) is 0.250. The van der Waals surface area contributed by atoms with Crippen molar-refractivity contribution in [3.8, 4) is 0 Å². The van der Waals surface area contributed by atoms with Crippen LogP contribution in [-0.4, -0.2) is 24.6 Å². The molecule has 1 aliphatic heterocycles. The van der Waals surface area contributed by atoms with Crippen LogP contribution >= 0.6 is 15.9 Å². The van der Waals surface area contributed by atoms with Crippen molar-refractivity contribution in [1.29, 1.82) is 0 Å². The number of halogens is 1. The van der Waals surface area contributed by atoms with Crippen LogP contribution in [0, 0.1) is 0 Å². The van der Waals surface area contributed by atoms with E-state index in [4.69, 9.17) is 0 Å². The summed E-state index contributed by atoms with van der Waals surface area (Å²) in [5.74, 6) is 0. The predicted molar refractivity (Wildman–Crippen MR) is 87.4 cm³/mol. The SMILES string of the molecule is Brc1ccc(N=NN2CCNCC2c2ccccc2)cc1. The molecule has 1 saturated heterocycles. The second-order valence-electron chi connectivity index (χ2n) is 4.96. The second-order valence-corrected chi connectivity index (χ2v) is 5.88. The first-order chi connectivity index (χ1) is 10.3. The average molecular weight is 345 g/mol. The van der Waals surface area contributed by atoms with Gasteiger partial charge < -0.3 is 5.32 Å². The number of rotatable bonds is 3. The molecule has 0 aromatic heterocycles. The van der Waals surface area contributed by atoms with Crippen LogP contribution < -0.4 is 5.32 Å². The Morgan fingerprint density at radius 3 is 2.57 bits per heavy atom. The van der Waals surface area contributed by atoms with E-state index in [1.165, 1.54) is 5.56 Å². The summed E-state index contributed by atoms with van der Waals surface area (Å²) in [4.78, 5) is 0. The Labute approximate surface area is 133 Å². The van der Waals surface area contributed by atoms with Gasteiger partial charge in [-0.25, -0.2) is 0 Å². The Hall–Kier alpha value is -1.72. The summed E-state index contributed by atoms with van der Waals surface area (Å²) >= 11 is 3.42. The van der Waals surface area contributed by atoms with E-state index in [1.807, 2.05) is 30.3 Å². The van der Waals surface area contributed by atoms with Crippen molar-refractivity contribution >= 4 is 21.6 Å². The van der Waals surface area contributed by atoms with E-state index in [1.54, 1.807) is 0 Å². The maximum absolute atomic E-state index is 4.44. The molecule has 3 rings (SSSR count). The summed E-state index contributed by atoms with van der Waals surface area (Å²) in [5.41, 5.74) is 2.13. The molecule has 0 aliphatic carbocycles. The molecule has 0 radical (unpaired) electrons. The molecule has 2 aromatic rings. The Morgan fingerprint density at radius 1 is 1.05 bits per heavy atom. The van der Waals surface area contributed by atoms with Gasteiger partial charge in [0.1, 0.15) is 0 Å². The molecule has 1 atom stereocenters. The molecule has 2 aromatic carbocycles. The van der Waals surface area contributed by atoms with Crippen molar-refractivity contribution in [3.63, 3.8) is 0 Å². The van der Waals surface area contributed by atoms with Crippen molar-refractivity contribution in [2.75, 3.05) is 19.6 Å². The van der Waals surface area contributed by atoms with Crippen molar-refractivity contribution in [3.05, 3.63) is 64.6 Å². The molecule has 1 N–H and O–H groups in total. The summed E-state index contributed by atoms with van der Waals surface area (Å²) in [7, 11) is 0. The topological polar surface area (TPSA) is 40.0 Å². The maximum atomic E-state index is 4.44. The molecule has 5 heteroatoms. The zero-order chi connectivity index (χ0) is 14.5. The third-order valence-corrected chi connectivity index (χ3v) is 4.03. The lowest BCUT2D eigenvalue weighted by Gasteiger charge is -2.33. The van der Waals surface area contributed by atoms with Crippen LogP contribution in [0.2, 0.25) is 0 Å². The highest BCUT2D eigenvalue weighted by Crippen LogP contribution is 2.24. The van der Waals surface area contributed by atoms with Crippen molar-refractivity contribution < 1.29 is 0 Å². The second kappa shape index (κ2) is 6.83. The van der Waals surface area contributed by atoms with E-state index in [9.17, 15) is 0 Å². The van der Waals surface area contributed by atoms with E-state index >= 15 is 0 Å². The van der Waals surface area contributed by atoms with Crippen LogP contribution in [0.4, 0.5) is 5.69 Å². The van der Waals surface area contributed by atoms with Crippen LogP contribution in [-0.2, 0) is 0 Å². The molecular formula is C16H17BrN4. The van der Waals surface area contributed by atoms with Crippen molar-refractivity contribution in [2.45, 2.75) is 6.04 Å². The smallest absolute Gasteiger partial charge is 0.0875 e. The van der Waals surface area contributed by atoms with Gasteiger partial charge in [-0.3, -0.25) is 5.01 Å². The highest BCUT2D eigenvalue weighted by Gasteiger charge is 2.22. The highest BCUT2D eigenvalue weighted by molar-refractivity contribution is 9.10. The monoisotopic (exact) mass is 344 g/mol. The molecule has 4 nitrogen and oxygen atoms in total. The van der Waals surface area contributed by atoms with Crippen molar-refractivity contribution in [2.24, 2.45) is 10.3 Å². The number of nitrogens with zero attached hydrogens (tertiary/aromatic N) is 3. The quantitative estimate of drug-likeness (QED) is 0.851. The predicted octanol–water partition coefficient (Wildman–Crippen LogP) is 4.09. The van der Waals surface area contributed by atoms with Gasteiger partial charge in [-0.2, -0.15) is 0 Å². The van der Waals surface area contributed by atoms with E-state index < -0.39 is 0 Å². The zero-order valence-corrected chi connectivity index (χ0v) is 13.2. The van der Waals surface area contributed by atoms with Crippen LogP contribution in [0.5, 0.6) is 0 Å². The van der Waals surface area contributed by atoms with Gasteiger partial charge in [-0.05, 0) is 29.8 Å². The molecule has 21 heavy (non-hydrogen) atoms. The normalized spacial score (nSPS) is 19.1. The first-order valence-electron chi connectivity index (χ1n) is 7.02. The lowest BCUT2D eigenvalue weighted by atomic mass is 10.1. The van der Waals surface area contributed by atoms with Crippen molar-refractivity contribution in [1.82, 2.24) is 10.3 Å². The number of hydrogen-bond donors (Lipinski definition) is 1. The van der Waals surface area contributed by atoms with E-state index in [-0.39, 0.29) is 6.04 Å². The minimum absolute atomic E-state index is 0.235. The van der Waals surface area contributed by atoms with Crippen LogP contribution in [0.25, 0.3) is 0 Å². The Kier molecular flexibility index (Phi) is 4.62. The van der Waals surface area contributed by atoms with Gasteiger partial charge >= 0.3 is 0 Å². The number of hydrogen-bond acceptors (Lipinski definition) is 3. The molecule has 1 fully saturated rings. The molecule has 0 amide bonds. The largest absolute Gasteiger partial charge is 0.312 e. The van der Waals surface area contributed by atoms with Gasteiger partial charge in [0.05, 0.1) is 18.3 Å². The lowest BCUT2D eigenvalue weighted by molar-refractivity contribution is 0.157. The minimum Gasteiger partial charge on any atom is -0.312 e.